The van der Waals surface area contributed by atoms with Crippen LogP contribution in [0.2, 0.25) is 0 Å². The van der Waals surface area contributed by atoms with Crippen molar-refractivity contribution in [3.63, 3.8) is 0 Å². The molecule has 1 amide bonds. The molecular weight excluding hydrogens is 369 g/mol. The van der Waals surface area contributed by atoms with Crippen molar-refractivity contribution < 1.29 is 26.4 Å². The van der Waals surface area contributed by atoms with Crippen LogP contribution in [-0.4, -0.2) is 32.3 Å². The summed E-state index contributed by atoms with van der Waals surface area (Å²) in [6.45, 7) is 1.13. The molecule has 0 aliphatic carbocycles. The molecule has 0 bridgehead atoms. The van der Waals surface area contributed by atoms with Crippen LogP contribution in [0.5, 0.6) is 0 Å². The maximum absolute atomic E-state index is 13.9. The van der Waals surface area contributed by atoms with Crippen LogP contribution in [0.15, 0.2) is 41.3 Å². The topological polar surface area (TPSA) is 66.5 Å². The van der Waals surface area contributed by atoms with Gasteiger partial charge in [0.05, 0.1) is 11.3 Å². The highest BCUT2D eigenvalue weighted by atomic mass is 32.2. The zero-order valence-corrected chi connectivity index (χ0v) is 14.3. The number of benzene rings is 2. The van der Waals surface area contributed by atoms with Crippen molar-refractivity contribution in [1.82, 2.24) is 4.90 Å². The fourth-order valence-corrected chi connectivity index (χ4v) is 3.91. The standard InChI is InChI=1S/C17H15F3N2O3S/c18-12-7-8-14(16(20)15(12)19)26(24,25)21-13-6-2-1-5-11(13)17(23)22-9-3-4-10-22/h1-2,5-8,21H,3-4,9-10H2. The first-order valence-electron chi connectivity index (χ1n) is 7.86. The number of nitrogens with zero attached hydrogens (tertiary/aromatic N) is 1. The molecule has 1 fully saturated rings. The van der Waals surface area contributed by atoms with Gasteiger partial charge in [-0.25, -0.2) is 21.6 Å². The average Bonchev–Trinajstić information content (AvgIpc) is 3.13. The molecule has 0 aromatic heterocycles. The van der Waals surface area contributed by atoms with Gasteiger partial charge in [-0.05, 0) is 37.1 Å². The number of para-hydroxylation sites is 1. The number of halogens is 3. The minimum Gasteiger partial charge on any atom is -0.339 e. The molecule has 1 heterocycles. The molecule has 0 atom stereocenters. The van der Waals surface area contributed by atoms with E-state index in [9.17, 15) is 26.4 Å². The van der Waals surface area contributed by atoms with Crippen LogP contribution in [-0.2, 0) is 10.0 Å². The Morgan fingerprint density at radius 2 is 1.62 bits per heavy atom. The van der Waals surface area contributed by atoms with Gasteiger partial charge in [-0.2, -0.15) is 0 Å². The van der Waals surface area contributed by atoms with Crippen molar-refractivity contribution in [3.8, 4) is 0 Å². The van der Waals surface area contributed by atoms with Gasteiger partial charge in [0.2, 0.25) is 0 Å². The minimum absolute atomic E-state index is 0.0615. The quantitative estimate of drug-likeness (QED) is 0.824. The molecule has 1 aliphatic heterocycles. The molecule has 1 aliphatic rings. The lowest BCUT2D eigenvalue weighted by Crippen LogP contribution is -2.29. The Morgan fingerprint density at radius 1 is 0.962 bits per heavy atom. The van der Waals surface area contributed by atoms with Crippen LogP contribution in [0.25, 0.3) is 0 Å². The number of amides is 1. The van der Waals surface area contributed by atoms with E-state index >= 15 is 0 Å². The summed E-state index contributed by atoms with van der Waals surface area (Å²) in [6.07, 6.45) is 1.72. The predicted molar refractivity (Wildman–Crippen MR) is 88.7 cm³/mol. The Balaban J connectivity index is 1.96. The lowest BCUT2D eigenvalue weighted by Gasteiger charge is -2.18. The summed E-state index contributed by atoms with van der Waals surface area (Å²) in [4.78, 5) is 13.1. The van der Waals surface area contributed by atoms with Gasteiger partial charge in [0.25, 0.3) is 15.9 Å². The molecule has 5 nitrogen and oxygen atoms in total. The number of sulfonamides is 1. The van der Waals surface area contributed by atoms with E-state index in [1.807, 2.05) is 0 Å². The van der Waals surface area contributed by atoms with Gasteiger partial charge in [0, 0.05) is 13.1 Å². The SMILES string of the molecule is O=C(c1ccccc1NS(=O)(=O)c1ccc(F)c(F)c1F)N1CCCC1. The fraction of sp³-hybridized carbons (Fsp3) is 0.235. The first kappa shape index (κ1) is 18.2. The normalized spacial score (nSPS) is 14.5. The van der Waals surface area contributed by atoms with Gasteiger partial charge in [-0.15, -0.1) is 0 Å². The monoisotopic (exact) mass is 384 g/mol. The summed E-state index contributed by atoms with van der Waals surface area (Å²) >= 11 is 0. The second-order valence-corrected chi connectivity index (χ2v) is 7.47. The zero-order valence-electron chi connectivity index (χ0n) is 13.5. The van der Waals surface area contributed by atoms with Crippen LogP contribution in [0.4, 0.5) is 18.9 Å². The Morgan fingerprint density at radius 3 is 2.31 bits per heavy atom. The number of hydrogen-bond donors (Lipinski definition) is 1. The van der Waals surface area contributed by atoms with Crippen molar-refractivity contribution in [1.29, 1.82) is 0 Å². The van der Waals surface area contributed by atoms with E-state index < -0.39 is 32.4 Å². The van der Waals surface area contributed by atoms with E-state index in [-0.39, 0.29) is 17.2 Å². The van der Waals surface area contributed by atoms with E-state index in [0.29, 0.717) is 25.2 Å². The number of carbonyl (C=O) groups is 1. The van der Waals surface area contributed by atoms with Gasteiger partial charge in [0.15, 0.2) is 17.5 Å². The van der Waals surface area contributed by atoms with Gasteiger partial charge in [0.1, 0.15) is 4.90 Å². The molecular formula is C17H15F3N2O3S. The summed E-state index contributed by atoms with van der Waals surface area (Å²) in [6, 6.07) is 7.01. The third-order valence-corrected chi connectivity index (χ3v) is 5.47. The number of rotatable bonds is 4. The summed E-state index contributed by atoms with van der Waals surface area (Å²) in [5.74, 6) is -5.55. The smallest absolute Gasteiger partial charge is 0.264 e. The number of carbonyl (C=O) groups excluding carboxylic acids is 1. The van der Waals surface area contributed by atoms with Crippen LogP contribution in [0.3, 0.4) is 0 Å². The first-order chi connectivity index (χ1) is 12.3. The first-order valence-corrected chi connectivity index (χ1v) is 9.34. The maximum atomic E-state index is 13.9. The molecule has 3 rings (SSSR count). The van der Waals surface area contributed by atoms with Gasteiger partial charge in [-0.3, -0.25) is 9.52 Å². The van der Waals surface area contributed by atoms with Gasteiger partial charge in [-0.1, -0.05) is 12.1 Å². The van der Waals surface area contributed by atoms with Crippen LogP contribution >= 0.6 is 0 Å². The van der Waals surface area contributed by atoms with Gasteiger partial charge >= 0.3 is 0 Å². The molecule has 0 spiro atoms. The molecule has 2 aromatic rings. The predicted octanol–water partition coefficient (Wildman–Crippen LogP) is 3.14. The maximum Gasteiger partial charge on any atom is 0.264 e. The largest absolute Gasteiger partial charge is 0.339 e. The van der Waals surface area contributed by atoms with Crippen LogP contribution in [0, 0.1) is 17.5 Å². The molecule has 2 aromatic carbocycles. The lowest BCUT2D eigenvalue weighted by atomic mass is 10.1. The Labute approximate surface area is 148 Å². The van der Waals surface area contributed by atoms with Crippen molar-refractivity contribution in [2.45, 2.75) is 17.7 Å². The highest BCUT2D eigenvalue weighted by Gasteiger charge is 2.27. The van der Waals surface area contributed by atoms with E-state index in [0.717, 1.165) is 12.8 Å². The van der Waals surface area contributed by atoms with Crippen molar-refractivity contribution in [3.05, 3.63) is 59.4 Å². The summed E-state index contributed by atoms with van der Waals surface area (Å²) in [5.41, 5.74) is 0.0366. The summed E-state index contributed by atoms with van der Waals surface area (Å²) < 4.78 is 67.2. The van der Waals surface area contributed by atoms with E-state index in [1.54, 1.807) is 11.0 Å². The molecule has 0 saturated carbocycles. The summed E-state index contributed by atoms with van der Waals surface area (Å²) in [7, 11) is -4.57. The van der Waals surface area contributed by atoms with Crippen molar-refractivity contribution >= 4 is 21.6 Å². The van der Waals surface area contributed by atoms with E-state index in [1.165, 1.54) is 18.2 Å². The second kappa shape index (κ2) is 6.99. The lowest BCUT2D eigenvalue weighted by molar-refractivity contribution is 0.0794. The Hall–Kier alpha value is -2.55. The van der Waals surface area contributed by atoms with Crippen LogP contribution < -0.4 is 4.72 Å². The van der Waals surface area contributed by atoms with Crippen molar-refractivity contribution in [2.75, 3.05) is 17.8 Å². The van der Waals surface area contributed by atoms with E-state index in [2.05, 4.69) is 4.72 Å². The number of likely N-dealkylation sites (tertiary alicyclic amines) is 1. The van der Waals surface area contributed by atoms with E-state index in [4.69, 9.17) is 0 Å². The minimum atomic E-state index is -4.57. The third kappa shape index (κ3) is 3.39. The molecule has 138 valence electrons. The zero-order chi connectivity index (χ0) is 18.9. The van der Waals surface area contributed by atoms with Crippen LogP contribution in [0.1, 0.15) is 23.2 Å². The highest BCUT2D eigenvalue weighted by Crippen LogP contribution is 2.25. The highest BCUT2D eigenvalue weighted by molar-refractivity contribution is 7.92. The number of nitrogens with one attached hydrogen (secondary N) is 1. The average molecular weight is 384 g/mol. The Kier molecular flexibility index (Phi) is 4.90. The Bertz CT molecular complexity index is 958. The second-order valence-electron chi connectivity index (χ2n) is 5.82. The third-order valence-electron chi connectivity index (χ3n) is 4.08. The fourth-order valence-electron chi connectivity index (χ4n) is 2.76. The molecule has 0 unspecified atom stereocenters. The molecule has 0 radical (unpaired) electrons. The molecule has 1 N–H and O–H groups in total. The summed E-state index contributed by atoms with van der Waals surface area (Å²) in [5, 5.41) is 0. The molecule has 9 heteroatoms. The molecule has 26 heavy (non-hydrogen) atoms. The van der Waals surface area contributed by atoms with Gasteiger partial charge < -0.3 is 4.90 Å². The number of hydrogen-bond acceptors (Lipinski definition) is 3. The molecule has 1 saturated heterocycles. The number of anilines is 1. The van der Waals surface area contributed by atoms with Crippen molar-refractivity contribution in [2.24, 2.45) is 0 Å².